The van der Waals surface area contributed by atoms with Crippen molar-refractivity contribution in [1.29, 1.82) is 0 Å². The number of nitrogens with one attached hydrogen (secondary N) is 1. The smallest absolute Gasteiger partial charge is 0.251 e. The van der Waals surface area contributed by atoms with Crippen molar-refractivity contribution in [3.05, 3.63) is 23.8 Å². The second-order valence-electron chi connectivity index (χ2n) is 10.6. The van der Waals surface area contributed by atoms with Crippen LogP contribution in [0.2, 0.25) is 0 Å². The molecule has 3 aliphatic heterocycles. The van der Waals surface area contributed by atoms with Gasteiger partial charge in [0.25, 0.3) is 5.91 Å². The Hall–Kier alpha value is -1.70. The summed E-state index contributed by atoms with van der Waals surface area (Å²) in [6.45, 7) is 11.4. The van der Waals surface area contributed by atoms with Crippen LogP contribution in [0.1, 0.15) is 68.6 Å². The van der Waals surface area contributed by atoms with Crippen LogP contribution in [0, 0.1) is 5.92 Å². The second kappa shape index (κ2) is 11.4. The van der Waals surface area contributed by atoms with Gasteiger partial charge in [-0.2, -0.15) is 0 Å². The highest BCUT2D eigenvalue weighted by atomic mass is 32.1. The van der Waals surface area contributed by atoms with Crippen molar-refractivity contribution in [2.75, 3.05) is 57.3 Å². The van der Waals surface area contributed by atoms with Crippen LogP contribution in [0.15, 0.2) is 18.2 Å². The minimum absolute atomic E-state index is 0.0347. The topological polar surface area (TPSA) is 51.7 Å². The van der Waals surface area contributed by atoms with E-state index in [2.05, 4.69) is 26.9 Å². The van der Waals surface area contributed by atoms with E-state index in [4.69, 9.17) is 4.98 Å². The number of hydrogen-bond donors (Lipinski definition) is 1. The lowest BCUT2D eigenvalue weighted by atomic mass is 10.00. The van der Waals surface area contributed by atoms with Crippen molar-refractivity contribution in [1.82, 2.24) is 20.1 Å². The Kier molecular flexibility index (Phi) is 8.02. The van der Waals surface area contributed by atoms with Gasteiger partial charge >= 0.3 is 0 Å². The van der Waals surface area contributed by atoms with E-state index >= 15 is 0 Å². The van der Waals surface area contributed by atoms with Gasteiger partial charge in [0.05, 0.1) is 10.2 Å². The van der Waals surface area contributed by atoms with E-state index in [-0.39, 0.29) is 5.91 Å². The Morgan fingerprint density at radius 3 is 2.56 bits per heavy atom. The van der Waals surface area contributed by atoms with Crippen LogP contribution in [0.3, 0.4) is 0 Å². The molecule has 3 aliphatic rings. The molecule has 6 nitrogen and oxygen atoms in total. The first-order chi connectivity index (χ1) is 16.7. The molecule has 3 saturated heterocycles. The molecular weight excluding hydrogens is 442 g/mol. The molecule has 0 saturated carbocycles. The van der Waals surface area contributed by atoms with Crippen LogP contribution < -0.4 is 10.2 Å². The van der Waals surface area contributed by atoms with Gasteiger partial charge in [-0.05, 0) is 102 Å². The van der Waals surface area contributed by atoms with E-state index in [1.807, 2.05) is 18.2 Å². The quantitative estimate of drug-likeness (QED) is 0.583. The third kappa shape index (κ3) is 5.92. The average Bonchev–Trinajstić information content (AvgIpc) is 3.31. The molecule has 0 aliphatic carbocycles. The predicted octanol–water partition coefficient (Wildman–Crippen LogP) is 4.60. The number of thiazole rings is 1. The number of hydrogen-bond acceptors (Lipinski definition) is 6. The fourth-order valence-electron chi connectivity index (χ4n) is 5.79. The SMILES string of the molecule is CC1CCN(c2nc3ccc(C(=O)NCCCN4CCC(N5CCCCC5)CC4)cc3s2)CC1. The Morgan fingerprint density at radius 2 is 1.79 bits per heavy atom. The van der Waals surface area contributed by atoms with Crippen molar-refractivity contribution in [3.63, 3.8) is 0 Å². The predicted molar refractivity (Wildman–Crippen MR) is 142 cm³/mol. The third-order valence-corrected chi connectivity index (χ3v) is 9.17. The van der Waals surface area contributed by atoms with Crippen molar-refractivity contribution in [2.45, 2.75) is 64.3 Å². The fraction of sp³-hybridized carbons (Fsp3) is 0.704. The van der Waals surface area contributed by atoms with Gasteiger partial charge in [0.2, 0.25) is 0 Å². The van der Waals surface area contributed by atoms with Gasteiger partial charge in [0.15, 0.2) is 5.13 Å². The van der Waals surface area contributed by atoms with E-state index in [0.717, 1.165) is 65.5 Å². The molecule has 0 radical (unpaired) electrons. The number of carbonyl (C=O) groups excluding carboxylic acids is 1. The molecule has 186 valence electrons. The molecule has 1 amide bonds. The molecule has 1 aromatic carbocycles. The Bertz CT molecular complexity index is 940. The summed E-state index contributed by atoms with van der Waals surface area (Å²) in [6, 6.07) is 6.75. The average molecular weight is 484 g/mol. The van der Waals surface area contributed by atoms with Crippen LogP contribution in [0.5, 0.6) is 0 Å². The second-order valence-corrected chi connectivity index (χ2v) is 11.6. The summed E-state index contributed by atoms with van der Waals surface area (Å²) in [6.07, 6.45) is 10.3. The molecule has 3 fully saturated rings. The monoisotopic (exact) mass is 483 g/mol. The summed E-state index contributed by atoms with van der Waals surface area (Å²) in [7, 11) is 0. The number of rotatable bonds is 7. The lowest BCUT2D eigenvalue weighted by Gasteiger charge is -2.40. The summed E-state index contributed by atoms with van der Waals surface area (Å²) in [4.78, 5) is 25.3. The lowest BCUT2D eigenvalue weighted by molar-refractivity contribution is 0.0903. The summed E-state index contributed by atoms with van der Waals surface area (Å²) in [5.41, 5.74) is 1.75. The molecule has 0 unspecified atom stereocenters. The first kappa shape index (κ1) is 24.0. The highest BCUT2D eigenvalue weighted by Crippen LogP contribution is 2.32. The van der Waals surface area contributed by atoms with E-state index in [9.17, 15) is 4.79 Å². The number of amides is 1. The molecule has 7 heteroatoms. The van der Waals surface area contributed by atoms with Crippen molar-refractivity contribution in [3.8, 4) is 0 Å². The van der Waals surface area contributed by atoms with Crippen LogP contribution in [-0.2, 0) is 0 Å². The number of nitrogens with zero attached hydrogens (tertiary/aromatic N) is 4. The molecule has 1 aromatic heterocycles. The van der Waals surface area contributed by atoms with Crippen LogP contribution in [0.4, 0.5) is 5.13 Å². The number of likely N-dealkylation sites (tertiary alicyclic amines) is 2. The minimum atomic E-state index is 0.0347. The highest BCUT2D eigenvalue weighted by Gasteiger charge is 2.25. The van der Waals surface area contributed by atoms with E-state index in [1.165, 1.54) is 71.1 Å². The van der Waals surface area contributed by atoms with Gasteiger partial charge in [0.1, 0.15) is 0 Å². The summed E-state index contributed by atoms with van der Waals surface area (Å²) in [5.74, 6) is 0.847. The van der Waals surface area contributed by atoms with Gasteiger partial charge in [-0.3, -0.25) is 4.79 Å². The van der Waals surface area contributed by atoms with Crippen molar-refractivity contribution in [2.24, 2.45) is 5.92 Å². The maximum absolute atomic E-state index is 12.7. The van der Waals surface area contributed by atoms with Crippen LogP contribution in [0.25, 0.3) is 10.2 Å². The molecule has 4 heterocycles. The molecule has 2 aromatic rings. The summed E-state index contributed by atoms with van der Waals surface area (Å²) >= 11 is 1.72. The fourth-order valence-corrected chi connectivity index (χ4v) is 6.84. The molecule has 34 heavy (non-hydrogen) atoms. The molecule has 5 rings (SSSR count). The van der Waals surface area contributed by atoms with E-state index in [1.54, 1.807) is 11.3 Å². The van der Waals surface area contributed by atoms with Crippen molar-refractivity contribution < 1.29 is 4.79 Å². The van der Waals surface area contributed by atoms with Gasteiger partial charge < -0.3 is 20.0 Å². The van der Waals surface area contributed by atoms with Crippen molar-refractivity contribution >= 4 is 32.6 Å². The normalized spacial score (nSPS) is 21.9. The van der Waals surface area contributed by atoms with Crippen LogP contribution >= 0.6 is 11.3 Å². The molecule has 1 N–H and O–H groups in total. The van der Waals surface area contributed by atoms with E-state index in [0.29, 0.717) is 0 Å². The number of piperidine rings is 3. The Labute approximate surface area is 208 Å². The zero-order valence-corrected chi connectivity index (χ0v) is 21.6. The zero-order valence-electron chi connectivity index (χ0n) is 20.8. The number of anilines is 1. The number of carbonyl (C=O) groups is 1. The number of aromatic nitrogens is 1. The molecule has 0 spiro atoms. The molecule has 0 atom stereocenters. The van der Waals surface area contributed by atoms with E-state index < -0.39 is 0 Å². The lowest BCUT2D eigenvalue weighted by Crippen LogP contribution is -2.47. The highest BCUT2D eigenvalue weighted by molar-refractivity contribution is 7.22. The van der Waals surface area contributed by atoms with Gasteiger partial charge in [-0.15, -0.1) is 0 Å². The minimum Gasteiger partial charge on any atom is -0.352 e. The summed E-state index contributed by atoms with van der Waals surface area (Å²) in [5, 5.41) is 4.24. The van der Waals surface area contributed by atoms with Gasteiger partial charge in [-0.1, -0.05) is 24.7 Å². The Morgan fingerprint density at radius 1 is 1.03 bits per heavy atom. The van der Waals surface area contributed by atoms with Crippen LogP contribution in [-0.4, -0.2) is 79.1 Å². The maximum Gasteiger partial charge on any atom is 0.251 e. The summed E-state index contributed by atoms with van der Waals surface area (Å²) < 4.78 is 1.11. The largest absolute Gasteiger partial charge is 0.352 e. The first-order valence-corrected chi connectivity index (χ1v) is 14.4. The first-order valence-electron chi connectivity index (χ1n) is 13.6. The maximum atomic E-state index is 12.7. The standard InChI is InChI=1S/C27H41N5OS/c1-21-8-18-32(19-9-21)27-29-24-7-6-22(20-25(24)34-27)26(33)28-12-5-13-30-16-10-23(11-17-30)31-14-3-2-4-15-31/h6-7,20-21,23H,2-5,8-19H2,1H3,(H,28,33). The number of fused-ring (bicyclic) bond motifs is 1. The molecular formula is C27H41N5OS. The van der Waals surface area contributed by atoms with Gasteiger partial charge in [0, 0.05) is 31.2 Å². The zero-order chi connectivity index (χ0) is 23.3. The van der Waals surface area contributed by atoms with Gasteiger partial charge in [-0.25, -0.2) is 4.98 Å². The Balaban J connectivity index is 1.05. The number of benzene rings is 1. The third-order valence-electron chi connectivity index (χ3n) is 8.09. The molecule has 0 bridgehead atoms.